The van der Waals surface area contributed by atoms with E-state index in [4.69, 9.17) is 4.74 Å². The van der Waals surface area contributed by atoms with Crippen LogP contribution in [0.4, 0.5) is 0 Å². The first-order valence-corrected chi connectivity index (χ1v) is 11.1. The highest BCUT2D eigenvalue weighted by Crippen LogP contribution is 2.22. The fraction of sp³-hybridized carbons (Fsp3) is 0.520. The smallest absolute Gasteiger partial charge is 0.121 e. The van der Waals surface area contributed by atoms with E-state index < -0.39 is 6.10 Å². The third-order valence-corrected chi connectivity index (χ3v) is 5.33. The largest absolute Gasteiger partial charge is 0.508 e. The molecular formula is C25H37NO4. The van der Waals surface area contributed by atoms with Crippen molar-refractivity contribution in [2.45, 2.75) is 64.3 Å². The highest BCUT2D eigenvalue weighted by Gasteiger charge is 2.10. The van der Waals surface area contributed by atoms with Gasteiger partial charge >= 0.3 is 0 Å². The summed E-state index contributed by atoms with van der Waals surface area (Å²) in [7, 11) is 0. The van der Waals surface area contributed by atoms with E-state index in [9.17, 15) is 15.3 Å². The van der Waals surface area contributed by atoms with Crippen LogP contribution in [-0.4, -0.2) is 41.1 Å². The molecule has 0 radical (unpaired) electrons. The number of hydrogen-bond donors (Lipinski definition) is 4. The second-order valence-electron chi connectivity index (χ2n) is 7.89. The lowest BCUT2D eigenvalue weighted by Gasteiger charge is -2.14. The molecule has 5 nitrogen and oxygen atoms in total. The van der Waals surface area contributed by atoms with Gasteiger partial charge in [-0.3, -0.25) is 0 Å². The molecule has 0 aliphatic rings. The molecule has 2 aromatic rings. The van der Waals surface area contributed by atoms with Crippen molar-refractivity contribution in [3.63, 3.8) is 0 Å². The van der Waals surface area contributed by atoms with Crippen molar-refractivity contribution in [1.29, 1.82) is 0 Å². The third kappa shape index (κ3) is 9.26. The summed E-state index contributed by atoms with van der Waals surface area (Å²) >= 11 is 0. The van der Waals surface area contributed by atoms with Gasteiger partial charge in [-0.1, -0.05) is 49.2 Å². The summed E-state index contributed by atoms with van der Waals surface area (Å²) in [4.78, 5) is 0. The van der Waals surface area contributed by atoms with Gasteiger partial charge in [0.25, 0.3) is 0 Å². The molecule has 2 rings (SSSR count). The van der Waals surface area contributed by atoms with Crippen molar-refractivity contribution in [2.75, 3.05) is 19.7 Å². The molecule has 0 heterocycles. The lowest BCUT2D eigenvalue weighted by molar-refractivity contribution is 0.0577. The molecule has 166 valence electrons. The van der Waals surface area contributed by atoms with Crippen LogP contribution in [0.2, 0.25) is 0 Å². The Bertz CT molecular complexity index is 708. The van der Waals surface area contributed by atoms with Crippen LogP contribution in [0.3, 0.4) is 0 Å². The molecule has 0 saturated heterocycles. The molecule has 0 amide bonds. The summed E-state index contributed by atoms with van der Waals surface area (Å²) in [5.41, 5.74) is 2.50. The Kier molecular flexibility index (Phi) is 11.5. The minimum absolute atomic E-state index is 0.0518. The Morgan fingerprint density at radius 3 is 2.53 bits per heavy atom. The van der Waals surface area contributed by atoms with Crippen molar-refractivity contribution in [2.24, 2.45) is 0 Å². The highest BCUT2D eigenvalue weighted by molar-refractivity contribution is 5.36. The van der Waals surface area contributed by atoms with E-state index in [1.165, 1.54) is 11.6 Å². The summed E-state index contributed by atoms with van der Waals surface area (Å²) < 4.78 is 5.91. The fourth-order valence-corrected chi connectivity index (χ4v) is 3.38. The minimum atomic E-state index is -0.651. The lowest BCUT2D eigenvalue weighted by Crippen LogP contribution is -2.22. The number of rotatable bonds is 15. The molecule has 0 bridgehead atoms. The summed E-state index contributed by atoms with van der Waals surface area (Å²) in [6, 6.07) is 15.4. The molecule has 2 aromatic carbocycles. The van der Waals surface area contributed by atoms with E-state index >= 15 is 0 Å². The number of ether oxygens (including phenoxy) is 1. The van der Waals surface area contributed by atoms with Crippen LogP contribution in [0.15, 0.2) is 48.5 Å². The van der Waals surface area contributed by atoms with Gasteiger partial charge in [-0.25, -0.2) is 0 Å². The number of phenols is 1. The van der Waals surface area contributed by atoms with Crippen LogP contribution in [0.1, 0.15) is 61.8 Å². The zero-order valence-corrected chi connectivity index (χ0v) is 18.1. The van der Waals surface area contributed by atoms with Crippen LogP contribution in [0.5, 0.6) is 5.75 Å². The number of hydrogen-bond acceptors (Lipinski definition) is 5. The summed E-state index contributed by atoms with van der Waals surface area (Å²) in [6.07, 6.45) is 6.18. The molecule has 2 atom stereocenters. The maximum Gasteiger partial charge on any atom is 0.121 e. The van der Waals surface area contributed by atoms with Crippen molar-refractivity contribution in [3.05, 3.63) is 65.2 Å². The molecular weight excluding hydrogens is 378 g/mol. The molecule has 0 saturated carbocycles. The van der Waals surface area contributed by atoms with Gasteiger partial charge in [0.05, 0.1) is 18.8 Å². The van der Waals surface area contributed by atoms with E-state index in [1.54, 1.807) is 12.1 Å². The number of aliphatic hydroxyl groups is 2. The van der Waals surface area contributed by atoms with Crippen molar-refractivity contribution < 1.29 is 20.1 Å². The minimum Gasteiger partial charge on any atom is -0.508 e. The Morgan fingerprint density at radius 2 is 1.77 bits per heavy atom. The van der Waals surface area contributed by atoms with E-state index in [0.717, 1.165) is 51.7 Å². The van der Waals surface area contributed by atoms with E-state index in [2.05, 4.69) is 36.5 Å². The highest BCUT2D eigenvalue weighted by atomic mass is 16.5. The molecule has 4 N–H and O–H groups in total. The van der Waals surface area contributed by atoms with E-state index in [0.29, 0.717) is 23.8 Å². The van der Waals surface area contributed by atoms with E-state index in [1.807, 2.05) is 6.07 Å². The van der Waals surface area contributed by atoms with Gasteiger partial charge in [0.2, 0.25) is 0 Å². The quantitative estimate of drug-likeness (QED) is 0.329. The second kappa shape index (κ2) is 14.1. The van der Waals surface area contributed by atoms with Gasteiger partial charge in [0, 0.05) is 18.7 Å². The predicted molar refractivity (Wildman–Crippen MR) is 121 cm³/mol. The number of aromatic hydroxyl groups is 1. The topological polar surface area (TPSA) is 82.0 Å². The number of benzene rings is 2. The average molecular weight is 416 g/mol. The van der Waals surface area contributed by atoms with Crippen LogP contribution in [0.25, 0.3) is 0 Å². The molecule has 0 spiro atoms. The Balaban J connectivity index is 1.45. The summed E-state index contributed by atoms with van der Waals surface area (Å²) in [5.74, 6) is 0.0518. The van der Waals surface area contributed by atoms with Gasteiger partial charge in [0.15, 0.2) is 0 Å². The summed E-state index contributed by atoms with van der Waals surface area (Å²) in [6.45, 7) is 4.04. The first-order chi connectivity index (χ1) is 14.6. The molecule has 5 heteroatoms. The maximum atomic E-state index is 10.2. The molecule has 30 heavy (non-hydrogen) atoms. The zero-order valence-electron chi connectivity index (χ0n) is 18.1. The number of aryl methyl sites for hydroxylation is 1. The van der Waals surface area contributed by atoms with Gasteiger partial charge in [0.1, 0.15) is 5.75 Å². The predicted octanol–water partition coefficient (Wildman–Crippen LogP) is 4.11. The van der Waals surface area contributed by atoms with Gasteiger partial charge in [-0.05, 0) is 62.4 Å². The third-order valence-electron chi connectivity index (χ3n) is 5.33. The molecule has 0 aromatic heterocycles. The van der Waals surface area contributed by atoms with E-state index in [-0.39, 0.29) is 12.4 Å². The SMILES string of the molecule is CC(CCc1ccccc1)OCCCCCCNCC(O)c1ccc(O)c(CO)c1. The molecule has 0 aliphatic heterocycles. The van der Waals surface area contributed by atoms with Crippen molar-refractivity contribution in [3.8, 4) is 5.75 Å². The Hall–Kier alpha value is -1.92. The van der Waals surface area contributed by atoms with Crippen LogP contribution in [-0.2, 0) is 17.8 Å². The Morgan fingerprint density at radius 1 is 1.00 bits per heavy atom. The van der Waals surface area contributed by atoms with Crippen molar-refractivity contribution >= 4 is 0 Å². The maximum absolute atomic E-state index is 10.2. The average Bonchev–Trinajstić information content (AvgIpc) is 2.77. The van der Waals surface area contributed by atoms with Gasteiger partial charge < -0.3 is 25.4 Å². The number of nitrogens with one attached hydrogen (secondary N) is 1. The Labute approximate surface area is 180 Å². The first-order valence-electron chi connectivity index (χ1n) is 11.1. The lowest BCUT2D eigenvalue weighted by atomic mass is 10.1. The van der Waals surface area contributed by atoms with Crippen LogP contribution < -0.4 is 5.32 Å². The van der Waals surface area contributed by atoms with Crippen LogP contribution in [0, 0.1) is 0 Å². The molecule has 0 aliphatic carbocycles. The first kappa shape index (κ1) is 24.4. The fourth-order valence-electron chi connectivity index (χ4n) is 3.38. The number of aliphatic hydroxyl groups excluding tert-OH is 2. The monoisotopic (exact) mass is 415 g/mol. The number of unbranched alkanes of at least 4 members (excludes halogenated alkanes) is 3. The summed E-state index contributed by atoms with van der Waals surface area (Å²) in [5, 5.41) is 32.3. The molecule has 2 unspecified atom stereocenters. The normalized spacial score (nSPS) is 13.3. The molecule has 0 fully saturated rings. The second-order valence-corrected chi connectivity index (χ2v) is 7.89. The van der Waals surface area contributed by atoms with Crippen molar-refractivity contribution in [1.82, 2.24) is 5.32 Å². The van der Waals surface area contributed by atoms with Crippen LogP contribution >= 0.6 is 0 Å². The van der Waals surface area contributed by atoms with Gasteiger partial charge in [-0.15, -0.1) is 0 Å². The standard InChI is InChI=1S/C25H37NO4/c1-20(11-12-21-9-5-4-6-10-21)30-16-8-3-2-7-15-26-18-25(29)22-13-14-24(28)23(17-22)19-27/h4-6,9-10,13-14,17,20,25-29H,2-3,7-8,11-12,15-16,18-19H2,1H3. The van der Waals surface area contributed by atoms with Gasteiger partial charge in [-0.2, -0.15) is 0 Å². The zero-order chi connectivity index (χ0) is 21.6.